The molecule has 0 saturated carbocycles. The fraction of sp³-hybridized carbons (Fsp3) is 0.409. The Kier molecular flexibility index (Phi) is 7.46. The molecular formula is C22H29N3O3S2. The molecule has 1 N–H and O–H groups in total. The van der Waals surface area contributed by atoms with Crippen LogP contribution in [0.25, 0.3) is 11.3 Å². The quantitative estimate of drug-likeness (QED) is 0.492. The standard InChI is InChI=1S/C22H29N3O3S2/c1-5-18(4)25(15-20-7-6-12-29-20)11-10-23-30(26,27)22-14-19(9-8-16(22)2)21-13-17(3)24-28-21/h6-9,12-14,18,23H,5,10-11,15H2,1-4H3/t18-/m0/s1. The Bertz CT molecular complexity index is 1060. The molecule has 162 valence electrons. The van der Waals surface area contributed by atoms with Crippen molar-refractivity contribution in [2.24, 2.45) is 0 Å². The summed E-state index contributed by atoms with van der Waals surface area (Å²) in [6, 6.07) is 11.6. The van der Waals surface area contributed by atoms with Crippen molar-refractivity contribution in [3.63, 3.8) is 0 Å². The van der Waals surface area contributed by atoms with Crippen LogP contribution in [-0.2, 0) is 16.6 Å². The molecule has 0 radical (unpaired) electrons. The van der Waals surface area contributed by atoms with Gasteiger partial charge >= 0.3 is 0 Å². The minimum Gasteiger partial charge on any atom is -0.356 e. The lowest BCUT2D eigenvalue weighted by molar-refractivity contribution is 0.200. The van der Waals surface area contributed by atoms with Crippen LogP contribution >= 0.6 is 11.3 Å². The maximum atomic E-state index is 13.0. The average Bonchev–Trinajstić information content (AvgIpc) is 3.38. The van der Waals surface area contributed by atoms with Gasteiger partial charge in [-0.05, 0) is 50.3 Å². The van der Waals surface area contributed by atoms with E-state index >= 15 is 0 Å². The Morgan fingerprint density at radius 1 is 1.23 bits per heavy atom. The van der Waals surface area contributed by atoms with E-state index in [4.69, 9.17) is 4.52 Å². The molecule has 0 unspecified atom stereocenters. The average molecular weight is 448 g/mol. The number of sulfonamides is 1. The van der Waals surface area contributed by atoms with E-state index < -0.39 is 10.0 Å². The summed E-state index contributed by atoms with van der Waals surface area (Å²) in [7, 11) is -3.64. The Morgan fingerprint density at radius 3 is 2.67 bits per heavy atom. The second kappa shape index (κ2) is 9.87. The number of nitrogens with zero attached hydrogens (tertiary/aromatic N) is 2. The number of hydrogen-bond donors (Lipinski definition) is 1. The molecule has 1 atom stereocenters. The molecule has 30 heavy (non-hydrogen) atoms. The SMILES string of the molecule is CC[C@H](C)N(CCNS(=O)(=O)c1cc(-c2cc(C)no2)ccc1C)Cc1cccs1. The zero-order valence-electron chi connectivity index (χ0n) is 17.9. The first kappa shape index (κ1) is 22.7. The highest BCUT2D eigenvalue weighted by Gasteiger charge is 2.20. The Morgan fingerprint density at radius 2 is 2.03 bits per heavy atom. The smallest absolute Gasteiger partial charge is 0.240 e. The van der Waals surface area contributed by atoms with Gasteiger partial charge in [0.2, 0.25) is 10.0 Å². The summed E-state index contributed by atoms with van der Waals surface area (Å²) in [6.45, 7) is 9.78. The summed E-state index contributed by atoms with van der Waals surface area (Å²) < 4.78 is 34.1. The van der Waals surface area contributed by atoms with Crippen LogP contribution in [0.15, 0.2) is 51.2 Å². The van der Waals surface area contributed by atoms with Gasteiger partial charge in [0.25, 0.3) is 0 Å². The highest BCUT2D eigenvalue weighted by Crippen LogP contribution is 2.25. The van der Waals surface area contributed by atoms with Crippen LogP contribution in [0.2, 0.25) is 0 Å². The van der Waals surface area contributed by atoms with Crippen molar-refractivity contribution in [2.75, 3.05) is 13.1 Å². The summed E-state index contributed by atoms with van der Waals surface area (Å²) in [5.74, 6) is 0.558. The number of hydrogen-bond acceptors (Lipinski definition) is 6. The van der Waals surface area contributed by atoms with Gasteiger partial charge in [-0.15, -0.1) is 11.3 Å². The lowest BCUT2D eigenvalue weighted by atomic mass is 10.1. The van der Waals surface area contributed by atoms with Crippen molar-refractivity contribution in [1.29, 1.82) is 0 Å². The van der Waals surface area contributed by atoms with Crippen molar-refractivity contribution in [3.8, 4) is 11.3 Å². The van der Waals surface area contributed by atoms with Crippen molar-refractivity contribution in [1.82, 2.24) is 14.8 Å². The van der Waals surface area contributed by atoms with Crippen LogP contribution in [0.5, 0.6) is 0 Å². The molecule has 0 aliphatic heterocycles. The zero-order valence-corrected chi connectivity index (χ0v) is 19.5. The number of nitrogens with one attached hydrogen (secondary N) is 1. The second-order valence-electron chi connectivity index (χ2n) is 7.52. The molecule has 0 aliphatic carbocycles. The molecule has 0 saturated heterocycles. The van der Waals surface area contributed by atoms with Crippen LogP contribution in [0.3, 0.4) is 0 Å². The molecule has 0 aliphatic rings. The largest absolute Gasteiger partial charge is 0.356 e. The number of thiophene rings is 1. The highest BCUT2D eigenvalue weighted by molar-refractivity contribution is 7.89. The normalized spacial score (nSPS) is 13.1. The van der Waals surface area contributed by atoms with Crippen LogP contribution in [-0.4, -0.2) is 37.6 Å². The zero-order chi connectivity index (χ0) is 21.7. The fourth-order valence-corrected chi connectivity index (χ4v) is 5.28. The lowest BCUT2D eigenvalue weighted by Crippen LogP contribution is -2.39. The van der Waals surface area contributed by atoms with Crippen molar-refractivity contribution < 1.29 is 12.9 Å². The summed E-state index contributed by atoms with van der Waals surface area (Å²) >= 11 is 1.72. The molecule has 2 heterocycles. The summed E-state index contributed by atoms with van der Waals surface area (Å²) in [4.78, 5) is 3.86. The Labute approximate surface area is 183 Å². The van der Waals surface area contributed by atoms with Gasteiger partial charge in [0, 0.05) is 42.2 Å². The van der Waals surface area contributed by atoms with Crippen molar-refractivity contribution >= 4 is 21.4 Å². The van der Waals surface area contributed by atoms with E-state index in [0.29, 0.717) is 36.0 Å². The van der Waals surface area contributed by atoms with Gasteiger partial charge in [-0.1, -0.05) is 30.3 Å². The molecule has 2 aromatic heterocycles. The Balaban J connectivity index is 1.71. The van der Waals surface area contributed by atoms with Gasteiger partial charge in [-0.25, -0.2) is 13.1 Å². The van der Waals surface area contributed by atoms with Gasteiger partial charge in [-0.2, -0.15) is 0 Å². The van der Waals surface area contributed by atoms with Gasteiger partial charge in [0.15, 0.2) is 5.76 Å². The molecule has 0 spiro atoms. The monoisotopic (exact) mass is 447 g/mol. The van der Waals surface area contributed by atoms with Crippen molar-refractivity contribution in [3.05, 3.63) is 57.9 Å². The molecule has 3 aromatic rings. The predicted octanol–water partition coefficient (Wildman–Crippen LogP) is 4.60. The summed E-state index contributed by atoms with van der Waals surface area (Å²) in [6.07, 6.45) is 1.01. The van der Waals surface area contributed by atoms with E-state index in [-0.39, 0.29) is 4.90 Å². The molecular weight excluding hydrogens is 418 g/mol. The van der Waals surface area contributed by atoms with Crippen molar-refractivity contribution in [2.45, 2.75) is 51.6 Å². The third kappa shape index (κ3) is 5.57. The van der Waals surface area contributed by atoms with E-state index in [2.05, 4.69) is 40.1 Å². The van der Waals surface area contributed by atoms with Crippen LogP contribution in [0, 0.1) is 13.8 Å². The molecule has 6 nitrogen and oxygen atoms in total. The summed E-state index contributed by atoms with van der Waals surface area (Å²) in [5, 5.41) is 5.95. The molecule has 8 heteroatoms. The molecule has 0 fully saturated rings. The van der Waals surface area contributed by atoms with Crippen LogP contribution in [0.1, 0.15) is 36.4 Å². The minimum absolute atomic E-state index is 0.266. The highest BCUT2D eigenvalue weighted by atomic mass is 32.2. The van der Waals surface area contributed by atoms with E-state index in [1.165, 1.54) is 4.88 Å². The minimum atomic E-state index is -3.64. The fourth-order valence-electron chi connectivity index (χ4n) is 3.26. The number of aryl methyl sites for hydroxylation is 2. The first-order valence-electron chi connectivity index (χ1n) is 10.1. The number of benzene rings is 1. The Hall–Kier alpha value is -2.00. The van der Waals surface area contributed by atoms with Gasteiger partial charge < -0.3 is 4.52 Å². The number of rotatable bonds is 10. The molecule has 0 amide bonds. The van der Waals surface area contributed by atoms with E-state index in [1.54, 1.807) is 36.5 Å². The topological polar surface area (TPSA) is 75.4 Å². The number of aromatic nitrogens is 1. The van der Waals surface area contributed by atoms with Crippen LogP contribution < -0.4 is 4.72 Å². The van der Waals surface area contributed by atoms with Gasteiger partial charge in [0.1, 0.15) is 0 Å². The lowest BCUT2D eigenvalue weighted by Gasteiger charge is -2.28. The molecule has 1 aromatic carbocycles. The molecule has 3 rings (SSSR count). The maximum absolute atomic E-state index is 13.0. The van der Waals surface area contributed by atoms with Gasteiger partial charge in [-0.3, -0.25) is 4.90 Å². The third-order valence-electron chi connectivity index (χ3n) is 5.23. The third-order valence-corrected chi connectivity index (χ3v) is 7.70. The predicted molar refractivity (Wildman–Crippen MR) is 121 cm³/mol. The van der Waals surface area contributed by atoms with E-state index in [0.717, 1.165) is 18.7 Å². The first-order chi connectivity index (χ1) is 14.3. The summed E-state index contributed by atoms with van der Waals surface area (Å²) in [5.41, 5.74) is 2.14. The maximum Gasteiger partial charge on any atom is 0.240 e. The van der Waals surface area contributed by atoms with Gasteiger partial charge in [0.05, 0.1) is 10.6 Å². The second-order valence-corrected chi connectivity index (χ2v) is 10.3. The first-order valence-corrected chi connectivity index (χ1v) is 12.5. The van der Waals surface area contributed by atoms with E-state index in [1.807, 2.05) is 19.1 Å². The molecule has 0 bridgehead atoms. The van der Waals surface area contributed by atoms with E-state index in [9.17, 15) is 8.42 Å². The van der Waals surface area contributed by atoms with Crippen LogP contribution in [0.4, 0.5) is 0 Å².